The number of allylic oxidation sites excluding steroid dienone is 2. The number of carbonyl (C=O) groups excluding carboxylic acids is 4. The minimum absolute atomic E-state index is 0.0588. The van der Waals surface area contributed by atoms with Crippen molar-refractivity contribution in [1.82, 2.24) is 4.90 Å². The number of hydrogen-bond donors (Lipinski definition) is 5. The van der Waals surface area contributed by atoms with E-state index in [0.717, 1.165) is 0 Å². The molecule has 3 aliphatic heterocycles. The Hall–Kier alpha value is -5.64. The highest BCUT2D eigenvalue weighted by Gasteiger charge is 2.49. The highest BCUT2D eigenvalue weighted by Crippen LogP contribution is 2.54. The lowest BCUT2D eigenvalue weighted by Gasteiger charge is -2.38. The van der Waals surface area contributed by atoms with Crippen LogP contribution in [0.25, 0.3) is 10.8 Å². The fourth-order valence-electron chi connectivity index (χ4n) is 7.57. The first-order chi connectivity index (χ1) is 28.2. The van der Waals surface area contributed by atoms with Gasteiger partial charge in [-0.25, -0.2) is 0 Å². The topological polar surface area (TPSA) is 211 Å². The number of benzene rings is 2. The van der Waals surface area contributed by atoms with E-state index in [4.69, 9.17) is 23.7 Å². The smallest absolute Gasteiger partial charge is 0.312 e. The normalized spacial score (nSPS) is 29.4. The van der Waals surface area contributed by atoms with Gasteiger partial charge in [0.05, 0.1) is 41.2 Å². The lowest BCUT2D eigenvalue weighted by molar-refractivity contribution is -0.160. The van der Waals surface area contributed by atoms with E-state index in [1.54, 1.807) is 39.8 Å². The number of phenols is 2. The van der Waals surface area contributed by atoms with Crippen LogP contribution in [-0.2, 0) is 28.6 Å². The highest BCUT2D eigenvalue weighted by molar-refractivity contribution is 6.21. The van der Waals surface area contributed by atoms with Crippen molar-refractivity contribution in [3.8, 4) is 23.0 Å². The van der Waals surface area contributed by atoms with Crippen molar-refractivity contribution in [1.29, 1.82) is 0 Å². The molecule has 5 rings (SSSR count). The zero-order valence-corrected chi connectivity index (χ0v) is 35.7. The summed E-state index contributed by atoms with van der Waals surface area (Å²) < 4.78 is 29.7. The Balaban J connectivity index is 1.94. The molecule has 0 radical (unpaired) electrons. The standard InChI is InChI=1S/C45H58N2O13/c1-12-18-47(19-13-2)33(49)22-57-32-21-30-40(53)35-34(32)36-42(28(8)39(35)52)60-45(10,43(36)54)58-20-17-31(56-11)25(5)41(59-29(9)48)27(7)38(51)26(6)37(50)23(3)15-14-16-24(4)44(55)46-30/h12-17,20-21,23,25-27,31,37-38,41,50-53H,1-2,18-19,22H2,3-11H3,(H,46,55)/b15-14+,20-17+,24-16-/t23-,25-,26-,27-,31+,37-,38+,41-,45+/m1/s1. The molecular weight excluding hydrogens is 776 g/mol. The van der Waals surface area contributed by atoms with Gasteiger partial charge in [0.15, 0.2) is 12.4 Å². The second-order valence-electron chi connectivity index (χ2n) is 15.6. The maximum Gasteiger partial charge on any atom is 0.312 e. The monoisotopic (exact) mass is 834 g/mol. The minimum Gasteiger partial charge on any atom is -0.507 e. The van der Waals surface area contributed by atoms with Gasteiger partial charge in [0.1, 0.15) is 23.4 Å². The lowest BCUT2D eigenvalue weighted by Crippen LogP contribution is -2.46. The van der Waals surface area contributed by atoms with Gasteiger partial charge in [0.2, 0.25) is 0 Å². The maximum absolute atomic E-state index is 14.5. The van der Waals surface area contributed by atoms with Crippen LogP contribution < -0.4 is 14.8 Å². The quantitative estimate of drug-likeness (QED) is 0.118. The van der Waals surface area contributed by atoms with Crippen LogP contribution in [0.2, 0.25) is 0 Å². The van der Waals surface area contributed by atoms with Gasteiger partial charge in [-0.05, 0) is 19.9 Å². The van der Waals surface area contributed by atoms with Crippen LogP contribution in [0.1, 0.15) is 64.4 Å². The number of nitrogens with one attached hydrogen (secondary N) is 1. The predicted octanol–water partition coefficient (Wildman–Crippen LogP) is 5.63. The molecule has 2 amide bonds. The molecular formula is C45H58N2O13. The number of carbonyl (C=O) groups is 4. The third-order valence-electron chi connectivity index (χ3n) is 11.2. The van der Waals surface area contributed by atoms with Gasteiger partial charge in [-0.3, -0.25) is 19.2 Å². The zero-order valence-electron chi connectivity index (χ0n) is 35.7. The number of nitrogens with zero attached hydrogens (tertiary/aromatic N) is 1. The second-order valence-corrected chi connectivity index (χ2v) is 15.6. The Morgan fingerprint density at radius 2 is 1.62 bits per heavy atom. The summed E-state index contributed by atoms with van der Waals surface area (Å²) in [6.45, 7) is 19.7. The molecule has 0 saturated carbocycles. The fraction of sp³-hybridized carbons (Fsp3) is 0.467. The molecule has 2 aromatic rings. The molecule has 326 valence electrons. The van der Waals surface area contributed by atoms with Crippen LogP contribution >= 0.6 is 0 Å². The lowest BCUT2D eigenvalue weighted by atomic mass is 9.78. The van der Waals surface area contributed by atoms with Gasteiger partial charge in [-0.15, -0.1) is 13.2 Å². The van der Waals surface area contributed by atoms with Gasteiger partial charge in [-0.2, -0.15) is 0 Å². The summed E-state index contributed by atoms with van der Waals surface area (Å²) in [6.07, 6.45) is 6.58. The number of rotatable bonds is 9. The van der Waals surface area contributed by atoms with Crippen LogP contribution in [0.4, 0.5) is 5.69 Å². The summed E-state index contributed by atoms with van der Waals surface area (Å²) in [5.41, 5.74) is -0.0962. The summed E-state index contributed by atoms with van der Waals surface area (Å²) >= 11 is 0. The molecule has 60 heavy (non-hydrogen) atoms. The number of amides is 2. The van der Waals surface area contributed by atoms with Crippen molar-refractivity contribution < 1.29 is 63.3 Å². The Bertz CT molecular complexity index is 2080. The van der Waals surface area contributed by atoms with E-state index in [0.29, 0.717) is 0 Å². The average molecular weight is 835 g/mol. The largest absolute Gasteiger partial charge is 0.507 e. The number of anilines is 1. The molecule has 0 saturated heterocycles. The zero-order chi connectivity index (χ0) is 44.8. The summed E-state index contributed by atoms with van der Waals surface area (Å²) in [7, 11) is 1.43. The van der Waals surface area contributed by atoms with Crippen molar-refractivity contribution in [2.24, 2.45) is 23.7 Å². The molecule has 0 spiro atoms. The first-order valence-corrected chi connectivity index (χ1v) is 19.7. The molecule has 2 aromatic carbocycles. The highest BCUT2D eigenvalue weighted by atomic mass is 16.7. The van der Waals surface area contributed by atoms with E-state index in [1.807, 2.05) is 0 Å². The van der Waals surface area contributed by atoms with Crippen molar-refractivity contribution in [2.75, 3.05) is 32.1 Å². The minimum atomic E-state index is -2.05. The van der Waals surface area contributed by atoms with E-state index < -0.39 is 95.5 Å². The van der Waals surface area contributed by atoms with Crippen molar-refractivity contribution in [3.63, 3.8) is 0 Å². The molecule has 3 aliphatic rings. The number of methoxy groups -OCH3 is 1. The van der Waals surface area contributed by atoms with Gasteiger partial charge >= 0.3 is 11.8 Å². The molecule has 0 fully saturated rings. The maximum atomic E-state index is 14.5. The Labute approximate surface area is 350 Å². The molecule has 15 nitrogen and oxygen atoms in total. The summed E-state index contributed by atoms with van der Waals surface area (Å²) in [6, 6.07) is 1.24. The second kappa shape index (κ2) is 19.6. The van der Waals surface area contributed by atoms with Crippen molar-refractivity contribution in [2.45, 2.75) is 85.6 Å². The average Bonchev–Trinajstić information content (AvgIpc) is 3.47. The molecule has 3 heterocycles. The van der Waals surface area contributed by atoms with E-state index >= 15 is 0 Å². The van der Waals surface area contributed by atoms with Gasteiger partial charge in [0, 0.05) is 80.3 Å². The summed E-state index contributed by atoms with van der Waals surface area (Å²) in [4.78, 5) is 55.1. The van der Waals surface area contributed by atoms with Gasteiger partial charge < -0.3 is 54.3 Å². The molecule has 5 N–H and O–H groups in total. The molecule has 0 aliphatic carbocycles. The van der Waals surface area contributed by atoms with Crippen LogP contribution in [0.5, 0.6) is 23.0 Å². The number of Topliss-reactive ketones (excluding diaryl/α,β-unsaturated/α-hetero) is 1. The number of aliphatic hydroxyl groups excluding tert-OH is 2. The molecule has 9 atom stereocenters. The third kappa shape index (κ3) is 9.69. The first-order valence-electron chi connectivity index (χ1n) is 19.7. The molecule has 5 bridgehead atoms. The van der Waals surface area contributed by atoms with E-state index in [2.05, 4.69) is 18.5 Å². The van der Waals surface area contributed by atoms with E-state index in [9.17, 15) is 39.6 Å². The molecule has 15 heteroatoms. The van der Waals surface area contributed by atoms with Crippen molar-refractivity contribution in [3.05, 3.63) is 78.6 Å². The number of aliphatic hydroxyl groups is 2. The number of ether oxygens (including phenoxy) is 5. The number of ketones is 1. The van der Waals surface area contributed by atoms with Gasteiger partial charge in [-0.1, -0.05) is 58.1 Å². The predicted molar refractivity (Wildman–Crippen MR) is 225 cm³/mol. The third-order valence-corrected chi connectivity index (χ3v) is 11.2. The van der Waals surface area contributed by atoms with E-state index in [-0.39, 0.29) is 57.7 Å². The number of phenolic OH excluding ortho intramolecular Hbond substituents is 2. The first kappa shape index (κ1) is 47.0. The number of fused-ring (bicyclic) bond motifs is 14. The molecule has 0 unspecified atom stereocenters. The summed E-state index contributed by atoms with van der Waals surface area (Å²) in [5.74, 6) is -8.34. The van der Waals surface area contributed by atoms with Crippen LogP contribution in [0, 0.1) is 30.6 Å². The number of esters is 1. The van der Waals surface area contributed by atoms with Crippen LogP contribution in [-0.4, -0.2) is 106 Å². The summed E-state index contributed by atoms with van der Waals surface area (Å²) in [5, 5.41) is 48.4. The Morgan fingerprint density at radius 3 is 2.22 bits per heavy atom. The SMILES string of the molecule is C=CCN(CC=C)C(=O)COc1cc2c(O)c3c(O)c(C)c4c(c13)C(=O)[C@@](C)(O/C=C/[C@H](OC)[C@@H](C)[C@@H](OC(C)=O)[C@H](C)[C@@H](O)[C@H](C)[C@H](O)[C@H](C)/C=C/C=C(/C)C(=O)N2)O4. The number of hydrogen-bond acceptors (Lipinski definition) is 13. The van der Waals surface area contributed by atoms with Crippen molar-refractivity contribution >= 4 is 40.0 Å². The van der Waals surface area contributed by atoms with Gasteiger partial charge in [0.25, 0.3) is 17.6 Å². The van der Waals surface area contributed by atoms with Crippen LogP contribution in [0.15, 0.2) is 67.5 Å². The van der Waals surface area contributed by atoms with E-state index in [1.165, 1.54) is 76.3 Å². The molecule has 0 aromatic heterocycles. The fourth-order valence-corrected chi connectivity index (χ4v) is 7.57. The Kier molecular flexibility index (Phi) is 15.4. The Morgan fingerprint density at radius 1 is 0.967 bits per heavy atom. The van der Waals surface area contributed by atoms with Crippen LogP contribution in [0.3, 0.4) is 0 Å². The number of aromatic hydroxyl groups is 2.